The van der Waals surface area contributed by atoms with Crippen LogP contribution in [0, 0.1) is 0 Å². The Hall–Kier alpha value is -4.36. The molecule has 0 aliphatic heterocycles. The normalized spacial score (nSPS) is 11.8. The van der Waals surface area contributed by atoms with E-state index in [1.54, 1.807) is 29.2 Å². The van der Waals surface area contributed by atoms with Crippen LogP contribution in [0.25, 0.3) is 11.2 Å². The predicted octanol–water partition coefficient (Wildman–Crippen LogP) is 0.768. The maximum atomic E-state index is 12.8. The summed E-state index contributed by atoms with van der Waals surface area (Å²) in [7, 11) is 0. The van der Waals surface area contributed by atoms with Gasteiger partial charge in [0.2, 0.25) is 0 Å². The number of anilines is 1. The van der Waals surface area contributed by atoms with Crippen LogP contribution in [-0.4, -0.2) is 66.8 Å². The summed E-state index contributed by atoms with van der Waals surface area (Å²) in [6.07, 6.45) is 6.30. The van der Waals surface area contributed by atoms with E-state index in [4.69, 9.17) is 16.2 Å². The van der Waals surface area contributed by atoms with E-state index in [1.165, 1.54) is 6.33 Å². The zero-order valence-corrected chi connectivity index (χ0v) is 19.1. The summed E-state index contributed by atoms with van der Waals surface area (Å²) >= 11 is 0. The van der Waals surface area contributed by atoms with Crippen molar-refractivity contribution in [2.45, 2.75) is 44.7 Å². The van der Waals surface area contributed by atoms with Crippen LogP contribution in [0.15, 0.2) is 40.8 Å². The molecule has 0 saturated carbocycles. The van der Waals surface area contributed by atoms with Gasteiger partial charge in [0.15, 0.2) is 17.1 Å². The number of carboxylic acid groups (broad SMARTS) is 1. The first kappa shape index (κ1) is 25.3. The first-order valence-electron chi connectivity index (χ1n) is 11.1. The van der Waals surface area contributed by atoms with Gasteiger partial charge in [0, 0.05) is 19.3 Å². The molecule has 3 aromatic rings. The lowest BCUT2D eigenvalue weighted by molar-refractivity contribution is -0.138. The molecule has 0 aliphatic carbocycles. The highest BCUT2D eigenvalue weighted by molar-refractivity contribution is 5.94. The summed E-state index contributed by atoms with van der Waals surface area (Å²) in [5.74, 6) is -0.927. The van der Waals surface area contributed by atoms with E-state index in [2.05, 4.69) is 24.9 Å². The number of hydrogen-bond acceptors (Lipinski definition) is 7. The fraction of sp³-hybridized carbons (Fsp3) is 0.429. The number of nitrogens with zero attached hydrogens (tertiary/aromatic N) is 5. The third-order valence-electron chi connectivity index (χ3n) is 5.24. The number of rotatable bonds is 13. The number of imidazole rings is 1. The molecule has 7 N–H and O–H groups in total. The van der Waals surface area contributed by atoms with Gasteiger partial charge in [-0.3, -0.25) is 9.79 Å². The number of aromatic nitrogens is 5. The number of guanidine groups is 1. The monoisotopic (exact) mass is 487 g/mol. The van der Waals surface area contributed by atoms with Crippen molar-refractivity contribution in [1.29, 1.82) is 0 Å². The van der Waals surface area contributed by atoms with Gasteiger partial charge in [-0.05, 0) is 44.2 Å². The smallest absolute Gasteiger partial charge is 0.416 e. The van der Waals surface area contributed by atoms with Crippen LogP contribution in [0.3, 0.4) is 0 Å². The lowest BCUT2D eigenvalue weighted by atomic mass is 10.1. The number of aromatic amines is 2. The summed E-state index contributed by atoms with van der Waals surface area (Å²) in [4.78, 5) is 55.0. The van der Waals surface area contributed by atoms with E-state index in [9.17, 15) is 19.5 Å². The maximum absolute atomic E-state index is 12.8. The van der Waals surface area contributed by atoms with Crippen LogP contribution in [-0.2, 0) is 16.1 Å². The largest absolute Gasteiger partial charge is 0.480 e. The quantitative estimate of drug-likeness (QED) is 0.131. The second-order valence-electron chi connectivity index (χ2n) is 7.75. The van der Waals surface area contributed by atoms with Gasteiger partial charge in [-0.1, -0.05) is 0 Å². The Bertz CT molecular complexity index is 1200. The van der Waals surface area contributed by atoms with E-state index < -0.39 is 18.1 Å². The number of aryl methyl sites for hydroxylation is 1. The molecular weight excluding hydrogens is 458 g/mol. The number of H-pyrrole nitrogens is 2. The van der Waals surface area contributed by atoms with Gasteiger partial charge in [-0.2, -0.15) is 0 Å². The molecule has 0 fully saturated rings. The SMILES string of the molecule is NC(N)=NCCC[C@@H](C(=O)O)N(C(=O)OCCCCCn1cnc2c(=O)[nH]cnc21)c1ccc[nH]1. The number of ether oxygens (including phenoxy) is 1. The van der Waals surface area contributed by atoms with Gasteiger partial charge in [-0.25, -0.2) is 24.5 Å². The molecule has 0 aliphatic rings. The van der Waals surface area contributed by atoms with Crippen molar-refractivity contribution in [3.05, 3.63) is 41.3 Å². The average molecular weight is 488 g/mol. The van der Waals surface area contributed by atoms with E-state index in [0.717, 1.165) is 17.7 Å². The van der Waals surface area contributed by atoms with Gasteiger partial charge in [0.05, 0.1) is 19.3 Å². The predicted molar refractivity (Wildman–Crippen MR) is 128 cm³/mol. The van der Waals surface area contributed by atoms with Gasteiger partial charge in [-0.15, -0.1) is 0 Å². The lowest BCUT2D eigenvalue weighted by Crippen LogP contribution is -2.46. The third kappa shape index (κ3) is 6.82. The number of nitrogens with two attached hydrogens (primary N) is 2. The van der Waals surface area contributed by atoms with Gasteiger partial charge in [0.1, 0.15) is 11.9 Å². The van der Waals surface area contributed by atoms with Crippen LogP contribution in [0.4, 0.5) is 10.6 Å². The molecule has 3 heterocycles. The molecular formula is C21H29N9O5. The van der Waals surface area contributed by atoms with Crippen molar-refractivity contribution in [2.75, 3.05) is 18.1 Å². The first-order chi connectivity index (χ1) is 16.9. The van der Waals surface area contributed by atoms with E-state index in [-0.39, 0.29) is 36.6 Å². The summed E-state index contributed by atoms with van der Waals surface area (Å²) in [5, 5.41) is 9.74. The van der Waals surface area contributed by atoms with Crippen LogP contribution in [0.5, 0.6) is 0 Å². The van der Waals surface area contributed by atoms with Gasteiger partial charge >= 0.3 is 12.1 Å². The number of aliphatic imine (C=N–C) groups is 1. The molecule has 0 aromatic carbocycles. The van der Waals surface area contributed by atoms with Crippen molar-refractivity contribution >= 4 is 35.0 Å². The Morgan fingerprint density at radius 1 is 1.20 bits per heavy atom. The summed E-state index contributed by atoms with van der Waals surface area (Å²) in [5.41, 5.74) is 11.1. The molecule has 0 radical (unpaired) electrons. The Morgan fingerprint density at radius 3 is 2.74 bits per heavy atom. The second-order valence-corrected chi connectivity index (χ2v) is 7.75. The number of amides is 1. The maximum Gasteiger partial charge on any atom is 0.416 e. The number of carbonyl (C=O) groups excluding carboxylic acids is 1. The zero-order chi connectivity index (χ0) is 25.2. The Balaban J connectivity index is 1.50. The molecule has 14 nitrogen and oxygen atoms in total. The number of carbonyl (C=O) groups is 2. The lowest BCUT2D eigenvalue weighted by Gasteiger charge is -2.27. The highest BCUT2D eigenvalue weighted by Crippen LogP contribution is 2.20. The summed E-state index contributed by atoms with van der Waals surface area (Å²) < 4.78 is 7.18. The van der Waals surface area contributed by atoms with Crippen molar-refractivity contribution < 1.29 is 19.4 Å². The van der Waals surface area contributed by atoms with Gasteiger partial charge in [0.25, 0.3) is 5.56 Å². The molecule has 0 bridgehead atoms. The third-order valence-corrected chi connectivity index (χ3v) is 5.24. The molecule has 0 spiro atoms. The Labute approximate surface area is 200 Å². The molecule has 0 saturated heterocycles. The van der Waals surface area contributed by atoms with Gasteiger partial charge < -0.3 is 35.8 Å². The molecule has 0 unspecified atom stereocenters. The van der Waals surface area contributed by atoms with Crippen LogP contribution >= 0.6 is 0 Å². The number of carboxylic acids is 1. The summed E-state index contributed by atoms with van der Waals surface area (Å²) in [6.45, 7) is 0.973. The fourth-order valence-corrected chi connectivity index (χ4v) is 3.57. The minimum absolute atomic E-state index is 0.0799. The summed E-state index contributed by atoms with van der Waals surface area (Å²) in [6, 6.07) is 2.11. The average Bonchev–Trinajstić information content (AvgIpc) is 3.49. The van der Waals surface area contributed by atoms with Crippen LogP contribution in [0.1, 0.15) is 32.1 Å². The molecule has 188 valence electrons. The standard InChI is InChI=1S/C21H29N9O5/c22-20(23)25-9-4-6-14(19(32)33)30(15-7-5-8-24-15)21(34)35-11-3-1-2-10-29-13-28-16-17(29)26-12-27-18(16)31/h5,7-8,12-14,24H,1-4,6,9-11H2,(H,32,33)(H4,22,23,25)(H,26,27,31)/t14-/m0/s1. The number of nitrogens with one attached hydrogen (secondary N) is 2. The topological polar surface area (TPSA) is 211 Å². The minimum Gasteiger partial charge on any atom is -0.480 e. The Morgan fingerprint density at radius 2 is 2.03 bits per heavy atom. The van der Waals surface area contributed by atoms with Crippen molar-refractivity contribution in [3.63, 3.8) is 0 Å². The van der Waals surface area contributed by atoms with Crippen LogP contribution < -0.4 is 21.9 Å². The number of fused-ring (bicyclic) bond motifs is 1. The molecule has 3 rings (SSSR count). The van der Waals surface area contributed by atoms with Crippen molar-refractivity contribution in [2.24, 2.45) is 16.5 Å². The second kappa shape index (κ2) is 12.2. The van der Waals surface area contributed by atoms with E-state index in [0.29, 0.717) is 30.9 Å². The molecule has 1 amide bonds. The number of aliphatic carboxylic acids is 1. The number of hydrogen-bond donors (Lipinski definition) is 5. The highest BCUT2D eigenvalue weighted by Gasteiger charge is 2.32. The van der Waals surface area contributed by atoms with Crippen molar-refractivity contribution in [3.8, 4) is 0 Å². The molecule has 1 atom stereocenters. The first-order valence-corrected chi connectivity index (χ1v) is 11.1. The zero-order valence-electron chi connectivity index (χ0n) is 19.1. The number of unbranched alkanes of at least 4 members (excludes halogenated alkanes) is 2. The van der Waals surface area contributed by atoms with Crippen LogP contribution in [0.2, 0.25) is 0 Å². The molecule has 35 heavy (non-hydrogen) atoms. The fourth-order valence-electron chi connectivity index (χ4n) is 3.57. The Kier molecular flexibility index (Phi) is 8.81. The highest BCUT2D eigenvalue weighted by atomic mass is 16.6. The van der Waals surface area contributed by atoms with E-state index >= 15 is 0 Å². The van der Waals surface area contributed by atoms with Crippen molar-refractivity contribution in [1.82, 2.24) is 24.5 Å². The minimum atomic E-state index is -1.17. The molecule has 3 aromatic heterocycles. The van der Waals surface area contributed by atoms with E-state index in [1.807, 2.05) is 0 Å². The molecule has 14 heteroatoms.